The summed E-state index contributed by atoms with van der Waals surface area (Å²) in [7, 11) is 1.57. The lowest BCUT2D eigenvalue weighted by Gasteiger charge is -2.17. The van der Waals surface area contributed by atoms with Crippen molar-refractivity contribution in [3.63, 3.8) is 0 Å². The van der Waals surface area contributed by atoms with Crippen molar-refractivity contribution in [3.05, 3.63) is 53.6 Å². The van der Waals surface area contributed by atoms with Gasteiger partial charge in [0.05, 0.1) is 23.7 Å². The number of rotatable bonds is 4. The molecule has 1 saturated heterocycles. The fourth-order valence-corrected chi connectivity index (χ4v) is 2.89. The predicted molar refractivity (Wildman–Crippen MR) is 93.5 cm³/mol. The molecular weight excluding hydrogens is 328 g/mol. The van der Waals surface area contributed by atoms with E-state index in [1.807, 2.05) is 18.2 Å². The van der Waals surface area contributed by atoms with Crippen LogP contribution < -0.4 is 15.0 Å². The number of ether oxygens (including phenoxy) is 1. The van der Waals surface area contributed by atoms with Crippen LogP contribution in [0.4, 0.5) is 11.4 Å². The quantitative estimate of drug-likeness (QED) is 0.925. The molecule has 0 spiro atoms. The fraction of sp³-hybridized carbons (Fsp3) is 0.222. The molecule has 0 aromatic heterocycles. The summed E-state index contributed by atoms with van der Waals surface area (Å²) in [5.41, 5.74) is 1.28. The Bertz CT molecular complexity index is 778. The van der Waals surface area contributed by atoms with E-state index >= 15 is 0 Å². The van der Waals surface area contributed by atoms with Gasteiger partial charge in [0.25, 0.3) is 0 Å². The van der Waals surface area contributed by atoms with Crippen LogP contribution in [0.25, 0.3) is 0 Å². The Kier molecular flexibility index (Phi) is 4.71. The highest BCUT2D eigenvalue weighted by molar-refractivity contribution is 6.33. The third kappa shape index (κ3) is 3.36. The number of halogens is 1. The summed E-state index contributed by atoms with van der Waals surface area (Å²) >= 11 is 6.06. The molecule has 0 saturated carbocycles. The molecule has 1 atom stereocenters. The van der Waals surface area contributed by atoms with Crippen LogP contribution >= 0.6 is 11.6 Å². The number of benzene rings is 2. The van der Waals surface area contributed by atoms with E-state index in [4.69, 9.17) is 16.3 Å². The molecule has 1 fully saturated rings. The van der Waals surface area contributed by atoms with Crippen LogP contribution in [-0.2, 0) is 9.59 Å². The molecule has 1 aliphatic rings. The van der Waals surface area contributed by atoms with Crippen LogP contribution in [0.15, 0.2) is 48.5 Å². The topological polar surface area (TPSA) is 58.6 Å². The van der Waals surface area contributed by atoms with E-state index in [2.05, 4.69) is 5.32 Å². The first-order chi connectivity index (χ1) is 11.6. The Balaban J connectivity index is 1.72. The molecule has 124 valence electrons. The molecule has 1 aliphatic heterocycles. The Hall–Kier alpha value is -2.53. The number of hydrogen-bond donors (Lipinski definition) is 1. The summed E-state index contributed by atoms with van der Waals surface area (Å²) in [5.74, 6) is -0.0337. The minimum absolute atomic E-state index is 0.0810. The first-order valence-electron chi connectivity index (χ1n) is 7.58. The highest BCUT2D eigenvalue weighted by Crippen LogP contribution is 2.29. The number of carbonyl (C=O) groups is 2. The van der Waals surface area contributed by atoms with Crippen LogP contribution in [0.1, 0.15) is 6.42 Å². The summed E-state index contributed by atoms with van der Waals surface area (Å²) in [6.45, 7) is 0.336. The second kappa shape index (κ2) is 6.93. The van der Waals surface area contributed by atoms with Gasteiger partial charge in [0.2, 0.25) is 11.8 Å². The zero-order valence-corrected chi connectivity index (χ0v) is 13.9. The van der Waals surface area contributed by atoms with E-state index in [1.165, 1.54) is 0 Å². The van der Waals surface area contributed by atoms with Crippen LogP contribution in [0, 0.1) is 5.92 Å². The average Bonchev–Trinajstić information content (AvgIpc) is 2.99. The van der Waals surface area contributed by atoms with Crippen molar-refractivity contribution in [1.29, 1.82) is 0 Å². The number of nitrogens with one attached hydrogen (secondary N) is 1. The molecule has 1 heterocycles. The van der Waals surface area contributed by atoms with Gasteiger partial charge in [0.1, 0.15) is 5.75 Å². The highest BCUT2D eigenvalue weighted by Gasteiger charge is 2.35. The van der Waals surface area contributed by atoms with Gasteiger partial charge in [-0.05, 0) is 24.3 Å². The van der Waals surface area contributed by atoms with Crippen molar-refractivity contribution in [2.75, 3.05) is 23.9 Å². The predicted octanol–water partition coefficient (Wildman–Crippen LogP) is 3.34. The maximum Gasteiger partial charge on any atom is 0.229 e. The molecule has 0 aliphatic carbocycles. The van der Waals surface area contributed by atoms with Crippen molar-refractivity contribution in [2.45, 2.75) is 6.42 Å². The van der Waals surface area contributed by atoms with Gasteiger partial charge in [0.15, 0.2) is 0 Å². The van der Waals surface area contributed by atoms with Crippen LogP contribution in [0.2, 0.25) is 5.02 Å². The second-order valence-corrected chi connectivity index (χ2v) is 5.98. The van der Waals surface area contributed by atoms with E-state index in [-0.39, 0.29) is 18.2 Å². The third-order valence-corrected chi connectivity index (χ3v) is 4.32. The number of hydrogen-bond acceptors (Lipinski definition) is 3. The summed E-state index contributed by atoms with van der Waals surface area (Å²) < 4.78 is 5.18. The van der Waals surface area contributed by atoms with Gasteiger partial charge < -0.3 is 15.0 Å². The van der Waals surface area contributed by atoms with Crippen molar-refractivity contribution in [1.82, 2.24) is 0 Å². The van der Waals surface area contributed by atoms with Crippen molar-refractivity contribution in [2.24, 2.45) is 5.92 Å². The van der Waals surface area contributed by atoms with Gasteiger partial charge in [-0.25, -0.2) is 0 Å². The number of methoxy groups -OCH3 is 1. The minimum atomic E-state index is -0.417. The average molecular weight is 345 g/mol. The van der Waals surface area contributed by atoms with E-state index in [0.717, 1.165) is 5.69 Å². The van der Waals surface area contributed by atoms with Gasteiger partial charge in [0, 0.05) is 24.7 Å². The maximum atomic E-state index is 12.4. The summed E-state index contributed by atoms with van der Waals surface area (Å²) in [6, 6.07) is 14.3. The smallest absolute Gasteiger partial charge is 0.229 e. The first kappa shape index (κ1) is 16.3. The van der Waals surface area contributed by atoms with E-state index in [0.29, 0.717) is 23.0 Å². The fourth-order valence-electron chi connectivity index (χ4n) is 2.71. The van der Waals surface area contributed by atoms with Gasteiger partial charge in [-0.2, -0.15) is 0 Å². The molecule has 3 rings (SSSR count). The van der Waals surface area contributed by atoms with Gasteiger partial charge in [-0.15, -0.1) is 0 Å². The SMILES string of the molecule is COc1cccc(N2CC(C(=O)Nc3ccccc3Cl)CC2=O)c1. The molecule has 6 heteroatoms. The molecular formula is C18H17ClN2O3. The number of para-hydroxylation sites is 1. The summed E-state index contributed by atoms with van der Waals surface area (Å²) in [5, 5.41) is 3.26. The van der Waals surface area contributed by atoms with Crippen LogP contribution in [0.5, 0.6) is 5.75 Å². The molecule has 2 amide bonds. The molecule has 1 N–H and O–H groups in total. The van der Waals surface area contributed by atoms with Crippen molar-refractivity contribution in [3.8, 4) is 5.75 Å². The molecule has 24 heavy (non-hydrogen) atoms. The first-order valence-corrected chi connectivity index (χ1v) is 7.96. The zero-order chi connectivity index (χ0) is 17.1. The molecule has 2 aromatic carbocycles. The van der Waals surface area contributed by atoms with Crippen molar-refractivity contribution < 1.29 is 14.3 Å². The van der Waals surface area contributed by atoms with Crippen LogP contribution in [-0.4, -0.2) is 25.5 Å². The van der Waals surface area contributed by atoms with E-state index in [1.54, 1.807) is 42.3 Å². The molecule has 1 unspecified atom stereocenters. The van der Waals surface area contributed by atoms with Gasteiger partial charge >= 0.3 is 0 Å². The standard InChI is InChI=1S/C18H17ClN2O3/c1-24-14-6-4-5-13(10-14)21-11-12(9-17(21)22)18(23)20-16-8-3-2-7-15(16)19/h2-8,10,12H,9,11H2,1H3,(H,20,23). The lowest BCUT2D eigenvalue weighted by Crippen LogP contribution is -2.28. The molecule has 0 radical (unpaired) electrons. The zero-order valence-electron chi connectivity index (χ0n) is 13.2. The highest BCUT2D eigenvalue weighted by atomic mass is 35.5. The Labute approximate surface area is 145 Å². The Morgan fingerprint density at radius 2 is 2.04 bits per heavy atom. The van der Waals surface area contributed by atoms with Crippen molar-refractivity contribution >= 4 is 34.8 Å². The number of amides is 2. The molecule has 5 nitrogen and oxygen atoms in total. The Morgan fingerprint density at radius 3 is 2.79 bits per heavy atom. The lowest BCUT2D eigenvalue weighted by atomic mass is 10.1. The minimum Gasteiger partial charge on any atom is -0.497 e. The third-order valence-electron chi connectivity index (χ3n) is 3.99. The normalized spacial score (nSPS) is 17.0. The summed E-state index contributed by atoms with van der Waals surface area (Å²) in [4.78, 5) is 26.3. The molecule has 2 aromatic rings. The maximum absolute atomic E-state index is 12.4. The van der Waals surface area contributed by atoms with Gasteiger partial charge in [-0.3, -0.25) is 9.59 Å². The molecule has 0 bridgehead atoms. The van der Waals surface area contributed by atoms with Gasteiger partial charge in [-0.1, -0.05) is 29.8 Å². The number of anilines is 2. The second-order valence-electron chi connectivity index (χ2n) is 5.58. The number of carbonyl (C=O) groups excluding carboxylic acids is 2. The monoisotopic (exact) mass is 344 g/mol. The van der Waals surface area contributed by atoms with E-state index in [9.17, 15) is 9.59 Å². The largest absolute Gasteiger partial charge is 0.497 e. The Morgan fingerprint density at radius 1 is 1.25 bits per heavy atom. The van der Waals surface area contributed by atoms with Crippen LogP contribution in [0.3, 0.4) is 0 Å². The lowest BCUT2D eigenvalue weighted by molar-refractivity contribution is -0.122. The number of nitrogens with zero attached hydrogens (tertiary/aromatic N) is 1. The van der Waals surface area contributed by atoms with E-state index < -0.39 is 5.92 Å². The summed E-state index contributed by atoms with van der Waals surface area (Å²) in [6.07, 6.45) is 0.174.